The second-order valence-electron chi connectivity index (χ2n) is 9.58. The van der Waals surface area contributed by atoms with Crippen molar-refractivity contribution in [3.8, 4) is 17.7 Å². The molecule has 5 rings (SSSR count). The van der Waals surface area contributed by atoms with E-state index in [1.807, 2.05) is 18.2 Å². The highest BCUT2D eigenvalue weighted by atomic mass is 35.5. The van der Waals surface area contributed by atoms with E-state index in [1.165, 1.54) is 31.3 Å². The highest BCUT2D eigenvalue weighted by molar-refractivity contribution is 7.10. The minimum atomic E-state index is -1.64. The van der Waals surface area contributed by atoms with Crippen LogP contribution in [0.4, 0.5) is 8.78 Å². The first-order valence-corrected chi connectivity index (χ1v) is 12.8. The third-order valence-corrected chi connectivity index (χ3v) is 7.67. The van der Waals surface area contributed by atoms with Crippen molar-refractivity contribution in [2.75, 3.05) is 13.1 Å². The normalized spacial score (nSPS) is 16.2. The molecule has 0 bridgehead atoms. The number of halogens is 3. The van der Waals surface area contributed by atoms with Gasteiger partial charge in [0.15, 0.2) is 0 Å². The van der Waals surface area contributed by atoms with Crippen LogP contribution < -0.4 is 5.76 Å². The fourth-order valence-corrected chi connectivity index (χ4v) is 6.14. The summed E-state index contributed by atoms with van der Waals surface area (Å²) in [5.74, 6) is -1.85. The van der Waals surface area contributed by atoms with Gasteiger partial charge in [0.1, 0.15) is 22.2 Å². The van der Waals surface area contributed by atoms with Crippen LogP contribution in [0, 0.1) is 23.1 Å². The van der Waals surface area contributed by atoms with Crippen molar-refractivity contribution in [3.63, 3.8) is 0 Å². The van der Waals surface area contributed by atoms with Gasteiger partial charge in [0, 0.05) is 29.4 Å². The van der Waals surface area contributed by atoms with E-state index >= 15 is 4.39 Å². The highest BCUT2D eigenvalue weighted by Crippen LogP contribution is 2.46. The van der Waals surface area contributed by atoms with Gasteiger partial charge in [0.05, 0.1) is 17.7 Å². The number of H-pyrrole nitrogens is 1. The van der Waals surface area contributed by atoms with Crippen LogP contribution in [-0.4, -0.2) is 38.8 Å². The molecule has 1 saturated heterocycles. The third kappa shape index (κ3) is 5.21. The number of alkyl halides is 1. The first kappa shape index (κ1) is 25.3. The van der Waals surface area contributed by atoms with Gasteiger partial charge < -0.3 is 4.42 Å². The smallest absolute Gasteiger partial charge is 0.386 e. The van der Waals surface area contributed by atoms with Crippen molar-refractivity contribution in [2.24, 2.45) is 5.92 Å². The van der Waals surface area contributed by atoms with E-state index in [0.717, 1.165) is 16.6 Å². The Kier molecular flexibility index (Phi) is 6.70. The van der Waals surface area contributed by atoms with Gasteiger partial charge in [-0.1, -0.05) is 23.7 Å². The maximum atomic E-state index is 15.5. The Bertz CT molecular complexity index is 1510. The zero-order valence-corrected chi connectivity index (χ0v) is 21.5. The Hall–Kier alpha value is -3.39. The molecule has 3 heterocycles. The Balaban J connectivity index is 1.46. The quantitative estimate of drug-likeness (QED) is 0.322. The lowest BCUT2D eigenvalue weighted by Crippen LogP contribution is -2.53. The zero-order chi connectivity index (χ0) is 26.3. The predicted octanol–water partition coefficient (Wildman–Crippen LogP) is 5.70. The zero-order valence-electron chi connectivity index (χ0n) is 19.9. The number of hydrogen-bond donors (Lipinski definition) is 1. The van der Waals surface area contributed by atoms with Gasteiger partial charge in [-0.2, -0.15) is 5.26 Å². The second kappa shape index (κ2) is 9.82. The number of nitrogens with one attached hydrogen (secondary N) is 1. The summed E-state index contributed by atoms with van der Waals surface area (Å²) in [6.07, 6.45) is 0. The van der Waals surface area contributed by atoms with E-state index in [4.69, 9.17) is 16.0 Å². The van der Waals surface area contributed by atoms with Crippen molar-refractivity contribution in [1.82, 2.24) is 20.1 Å². The minimum absolute atomic E-state index is 0.0995. The summed E-state index contributed by atoms with van der Waals surface area (Å²) in [6.45, 7) is 4.02. The molecule has 37 heavy (non-hydrogen) atoms. The summed E-state index contributed by atoms with van der Waals surface area (Å²) < 4.78 is 34.8. The first-order valence-electron chi connectivity index (χ1n) is 11.5. The number of rotatable bonds is 7. The molecule has 7 nitrogen and oxygen atoms in total. The van der Waals surface area contributed by atoms with Crippen LogP contribution in [0.25, 0.3) is 11.6 Å². The second-order valence-corrected chi connectivity index (χ2v) is 10.9. The Morgan fingerprint density at radius 1 is 1.24 bits per heavy atom. The van der Waals surface area contributed by atoms with Gasteiger partial charge in [-0.25, -0.2) is 23.7 Å². The standard InChI is InChI=1S/C26H22ClF2N5O2S/c1-26(2,29)21(16-7-14(10-30)8-19(28)9-16)17-11-34(12-17)22(15-3-5-18(27)6-4-15)24-31-20(13-37-24)23-32-33-25(35)36-23/h3-9,13,17,21-22H,11-12H2,1-2H3,(H,33,35)/t21-,22+/m1/s1. The van der Waals surface area contributed by atoms with Gasteiger partial charge in [-0.05, 0) is 61.2 Å². The van der Waals surface area contributed by atoms with Crippen molar-refractivity contribution in [2.45, 2.75) is 31.5 Å². The summed E-state index contributed by atoms with van der Waals surface area (Å²) in [4.78, 5) is 18.2. The molecule has 0 radical (unpaired) electrons. The number of thiazole rings is 1. The first-order chi connectivity index (χ1) is 17.6. The largest absolute Gasteiger partial charge is 0.434 e. The number of aromatic nitrogens is 3. The van der Waals surface area contributed by atoms with Crippen LogP contribution in [-0.2, 0) is 0 Å². The molecule has 1 aliphatic rings. The van der Waals surface area contributed by atoms with Gasteiger partial charge in [0.25, 0.3) is 5.89 Å². The Morgan fingerprint density at radius 3 is 2.59 bits per heavy atom. The number of aromatic amines is 1. The lowest BCUT2D eigenvalue weighted by Gasteiger charge is -2.49. The molecule has 11 heteroatoms. The average molecular weight is 542 g/mol. The van der Waals surface area contributed by atoms with E-state index in [9.17, 15) is 14.4 Å². The Morgan fingerprint density at radius 2 is 1.97 bits per heavy atom. The summed E-state index contributed by atoms with van der Waals surface area (Å²) in [6, 6.07) is 13.2. The third-order valence-electron chi connectivity index (χ3n) is 6.52. The summed E-state index contributed by atoms with van der Waals surface area (Å²) >= 11 is 7.52. The van der Waals surface area contributed by atoms with Crippen LogP contribution in [0.1, 0.15) is 47.5 Å². The number of hydrogen-bond acceptors (Lipinski definition) is 7. The molecular formula is C26H22ClF2N5O2S. The molecule has 1 aliphatic heterocycles. The number of nitrogens with zero attached hydrogens (tertiary/aromatic N) is 4. The molecule has 1 fully saturated rings. The number of benzene rings is 2. The van der Waals surface area contributed by atoms with Crippen LogP contribution in [0.15, 0.2) is 57.1 Å². The van der Waals surface area contributed by atoms with Crippen molar-refractivity contribution >= 4 is 22.9 Å². The van der Waals surface area contributed by atoms with E-state index in [1.54, 1.807) is 23.6 Å². The van der Waals surface area contributed by atoms with Crippen LogP contribution in [0.2, 0.25) is 5.02 Å². The minimum Gasteiger partial charge on any atom is -0.386 e. The van der Waals surface area contributed by atoms with E-state index < -0.39 is 23.2 Å². The summed E-state index contributed by atoms with van der Waals surface area (Å²) in [5.41, 5.74) is 0.377. The van der Waals surface area contributed by atoms with Gasteiger partial charge in [-0.15, -0.1) is 16.4 Å². The molecule has 2 aromatic carbocycles. The van der Waals surface area contributed by atoms with Crippen molar-refractivity contribution in [3.05, 3.63) is 90.9 Å². The van der Waals surface area contributed by atoms with E-state index in [2.05, 4.69) is 20.1 Å². The fraction of sp³-hybridized carbons (Fsp3) is 0.308. The molecule has 0 spiro atoms. The van der Waals surface area contributed by atoms with Gasteiger partial charge >= 0.3 is 5.76 Å². The predicted molar refractivity (Wildman–Crippen MR) is 136 cm³/mol. The van der Waals surface area contributed by atoms with E-state index in [0.29, 0.717) is 29.4 Å². The van der Waals surface area contributed by atoms with Crippen molar-refractivity contribution in [1.29, 1.82) is 5.26 Å². The van der Waals surface area contributed by atoms with Crippen molar-refractivity contribution < 1.29 is 13.2 Å². The van der Waals surface area contributed by atoms with Crippen LogP contribution in [0.3, 0.4) is 0 Å². The molecule has 0 saturated carbocycles. The number of nitriles is 1. The molecule has 2 aromatic heterocycles. The lowest BCUT2D eigenvalue weighted by atomic mass is 9.72. The highest BCUT2D eigenvalue weighted by Gasteiger charge is 2.46. The molecule has 0 amide bonds. The molecule has 4 aromatic rings. The summed E-state index contributed by atoms with van der Waals surface area (Å²) in [7, 11) is 0. The molecule has 2 atom stereocenters. The SMILES string of the molecule is CC(C)(F)[C@H](c1cc(F)cc(C#N)c1)C1CN([C@@H](c2ccc(Cl)cc2)c2nc(-c3n[nH]c(=O)o3)cs2)C1. The topological polar surface area (TPSA) is 98.8 Å². The molecule has 0 unspecified atom stereocenters. The van der Waals surface area contributed by atoms with Gasteiger partial charge in [0.2, 0.25) is 0 Å². The lowest BCUT2D eigenvalue weighted by molar-refractivity contribution is 0.00809. The number of likely N-dealkylation sites (tertiary alicyclic amines) is 1. The average Bonchev–Trinajstić information content (AvgIpc) is 3.46. The summed E-state index contributed by atoms with van der Waals surface area (Å²) in [5, 5.41) is 18.5. The molecular weight excluding hydrogens is 520 g/mol. The van der Waals surface area contributed by atoms with E-state index in [-0.39, 0.29) is 23.4 Å². The maximum Gasteiger partial charge on any atom is 0.434 e. The van der Waals surface area contributed by atoms with Crippen LogP contribution >= 0.6 is 22.9 Å². The monoisotopic (exact) mass is 541 g/mol. The molecule has 0 aliphatic carbocycles. The molecule has 190 valence electrons. The molecule has 1 N–H and O–H groups in total. The van der Waals surface area contributed by atoms with Gasteiger partial charge in [-0.3, -0.25) is 4.90 Å². The Labute approximate surface area is 220 Å². The fourth-order valence-electron chi connectivity index (χ4n) is 5.06. The van der Waals surface area contributed by atoms with Crippen LogP contribution in [0.5, 0.6) is 0 Å². The maximum absolute atomic E-state index is 15.5.